The zero-order chi connectivity index (χ0) is 21.9. The molecule has 10 heteroatoms. The largest absolute Gasteiger partial charge is 0.370 e. The Morgan fingerprint density at radius 3 is 2.53 bits per heavy atom. The summed E-state index contributed by atoms with van der Waals surface area (Å²) < 4.78 is 0. The second kappa shape index (κ2) is 11.7. The number of nitrogens with zero attached hydrogens (tertiary/aromatic N) is 2. The van der Waals surface area contributed by atoms with Gasteiger partial charge in [-0.3, -0.25) is 25.2 Å². The Kier molecular flexibility index (Phi) is 8.98. The van der Waals surface area contributed by atoms with Gasteiger partial charge in [0.05, 0.1) is 5.56 Å². The zero-order valence-corrected chi connectivity index (χ0v) is 17.2. The quantitative estimate of drug-likeness (QED) is 0.176. The summed E-state index contributed by atoms with van der Waals surface area (Å²) in [6.07, 6.45) is 3.31. The second-order valence-electron chi connectivity index (χ2n) is 6.96. The molecule has 0 aliphatic rings. The summed E-state index contributed by atoms with van der Waals surface area (Å²) in [5.41, 5.74) is 12.9. The number of amides is 1. The molecule has 2 aromatic rings. The van der Waals surface area contributed by atoms with E-state index in [0.29, 0.717) is 18.7 Å². The summed E-state index contributed by atoms with van der Waals surface area (Å²) in [7, 11) is 0. The Labute approximate surface area is 175 Å². The highest BCUT2D eigenvalue weighted by molar-refractivity contribution is 5.86. The number of nitrogens with two attached hydrogens (primary N) is 2. The molecule has 1 aromatic carbocycles. The molecule has 0 bridgehead atoms. The number of benzene rings is 1. The topological polar surface area (TPSA) is 166 Å². The highest BCUT2D eigenvalue weighted by atomic mass is 16.1. The van der Waals surface area contributed by atoms with E-state index in [1.165, 1.54) is 6.92 Å². The summed E-state index contributed by atoms with van der Waals surface area (Å²) in [4.78, 5) is 32.3. The molecule has 0 saturated heterocycles. The normalized spacial score (nSPS) is 10.8. The van der Waals surface area contributed by atoms with Gasteiger partial charge in [0.25, 0.3) is 5.56 Å². The van der Waals surface area contributed by atoms with E-state index in [9.17, 15) is 9.59 Å². The lowest BCUT2D eigenvalue weighted by Crippen LogP contribution is -2.34. The Bertz CT molecular complexity index is 894. The van der Waals surface area contributed by atoms with Crippen LogP contribution < -0.4 is 27.7 Å². The number of anilines is 1. The molecule has 2 rings (SSSR count). The van der Waals surface area contributed by atoms with Crippen molar-refractivity contribution in [3.63, 3.8) is 0 Å². The van der Waals surface area contributed by atoms with Crippen LogP contribution >= 0.6 is 0 Å². The van der Waals surface area contributed by atoms with Crippen molar-refractivity contribution in [1.29, 1.82) is 5.41 Å². The summed E-state index contributed by atoms with van der Waals surface area (Å²) in [5, 5.41) is 12.5. The Morgan fingerprint density at radius 1 is 1.23 bits per heavy atom. The first-order valence-corrected chi connectivity index (χ1v) is 9.86. The van der Waals surface area contributed by atoms with Gasteiger partial charge in [0.1, 0.15) is 0 Å². The van der Waals surface area contributed by atoms with Crippen LogP contribution in [0.25, 0.3) is 11.1 Å². The van der Waals surface area contributed by atoms with Crippen LogP contribution in [0.1, 0.15) is 25.3 Å². The van der Waals surface area contributed by atoms with Crippen molar-refractivity contribution in [3.8, 4) is 11.1 Å². The minimum absolute atomic E-state index is 0.0197. The van der Waals surface area contributed by atoms with Crippen LogP contribution in [0.3, 0.4) is 0 Å². The average molecular weight is 415 g/mol. The predicted octanol–water partition coefficient (Wildman–Crippen LogP) is 0.419. The molecular formula is C20H30N8O2. The van der Waals surface area contributed by atoms with E-state index in [2.05, 4.69) is 25.5 Å². The van der Waals surface area contributed by atoms with Gasteiger partial charge < -0.3 is 21.8 Å². The summed E-state index contributed by atoms with van der Waals surface area (Å²) in [5.74, 6) is -0.192. The zero-order valence-electron chi connectivity index (χ0n) is 17.2. The molecule has 162 valence electrons. The van der Waals surface area contributed by atoms with Crippen molar-refractivity contribution in [2.75, 3.05) is 31.5 Å². The Hall–Kier alpha value is -3.24. The van der Waals surface area contributed by atoms with Crippen LogP contribution in [-0.4, -0.2) is 52.9 Å². The first-order valence-electron chi connectivity index (χ1n) is 9.86. The number of aromatic nitrogens is 2. The van der Waals surface area contributed by atoms with Crippen molar-refractivity contribution in [1.82, 2.24) is 20.2 Å². The van der Waals surface area contributed by atoms with Crippen molar-refractivity contribution in [3.05, 3.63) is 46.4 Å². The predicted molar refractivity (Wildman–Crippen MR) is 118 cm³/mol. The van der Waals surface area contributed by atoms with Crippen molar-refractivity contribution >= 4 is 17.8 Å². The van der Waals surface area contributed by atoms with Crippen LogP contribution in [0.4, 0.5) is 5.95 Å². The molecule has 0 fully saturated rings. The maximum Gasteiger partial charge on any atom is 0.282 e. The van der Waals surface area contributed by atoms with Gasteiger partial charge in [0.2, 0.25) is 11.9 Å². The molecule has 10 nitrogen and oxygen atoms in total. The van der Waals surface area contributed by atoms with Crippen molar-refractivity contribution in [2.24, 2.45) is 11.5 Å². The van der Waals surface area contributed by atoms with Gasteiger partial charge in [-0.05, 0) is 37.1 Å². The lowest BCUT2D eigenvalue weighted by molar-refractivity contribution is -0.114. The van der Waals surface area contributed by atoms with Crippen LogP contribution in [0.2, 0.25) is 0 Å². The number of H-pyrrole nitrogens is 1. The molecule has 0 aliphatic heterocycles. The maximum absolute atomic E-state index is 12.3. The van der Waals surface area contributed by atoms with Gasteiger partial charge in [-0.25, -0.2) is 0 Å². The fourth-order valence-corrected chi connectivity index (χ4v) is 2.99. The molecule has 0 unspecified atom stereocenters. The van der Waals surface area contributed by atoms with E-state index in [1.807, 2.05) is 24.3 Å². The van der Waals surface area contributed by atoms with Crippen molar-refractivity contribution < 1.29 is 4.79 Å². The van der Waals surface area contributed by atoms with E-state index < -0.39 is 5.56 Å². The third-order valence-electron chi connectivity index (χ3n) is 4.41. The van der Waals surface area contributed by atoms with Gasteiger partial charge in [0, 0.05) is 32.8 Å². The number of carbonyl (C=O) groups is 1. The average Bonchev–Trinajstić information content (AvgIpc) is 2.69. The van der Waals surface area contributed by atoms with E-state index in [-0.39, 0.29) is 17.8 Å². The number of guanidine groups is 1. The lowest BCUT2D eigenvalue weighted by Gasteiger charge is -2.22. The number of rotatable bonds is 11. The third-order valence-corrected chi connectivity index (χ3v) is 4.41. The van der Waals surface area contributed by atoms with Gasteiger partial charge in [-0.1, -0.05) is 24.3 Å². The standard InChI is InChI=1S/C20H30N8O2/c1-14(29)26-20-25-12-17(18(30)27-20)16-6-4-15(5-7-16)13-28(10-2-8-21)11-3-9-24-19(22)23/h4-7,12H,2-3,8-11,13,21H2,1H3,(H4,22,23,24)(H2,25,26,27,29,30). The highest BCUT2D eigenvalue weighted by Gasteiger charge is 2.09. The molecule has 1 aromatic heterocycles. The smallest absolute Gasteiger partial charge is 0.282 e. The monoisotopic (exact) mass is 414 g/mol. The number of carbonyl (C=O) groups excluding carboxylic acids is 1. The summed E-state index contributed by atoms with van der Waals surface area (Å²) in [6, 6.07) is 7.75. The molecule has 1 amide bonds. The summed E-state index contributed by atoms with van der Waals surface area (Å²) in [6.45, 7) is 5.13. The number of hydrogen-bond acceptors (Lipinski definition) is 6. The van der Waals surface area contributed by atoms with Gasteiger partial charge >= 0.3 is 0 Å². The minimum atomic E-state index is -0.409. The van der Waals surface area contributed by atoms with Crippen LogP contribution in [0, 0.1) is 5.41 Å². The van der Waals surface area contributed by atoms with Gasteiger partial charge in [-0.15, -0.1) is 0 Å². The third kappa shape index (κ3) is 7.64. The van der Waals surface area contributed by atoms with Gasteiger partial charge in [0.15, 0.2) is 5.96 Å². The number of hydrogen-bond donors (Lipinski definition) is 6. The lowest BCUT2D eigenvalue weighted by atomic mass is 10.1. The van der Waals surface area contributed by atoms with Crippen LogP contribution in [-0.2, 0) is 11.3 Å². The second-order valence-corrected chi connectivity index (χ2v) is 6.96. The van der Waals surface area contributed by atoms with E-state index in [4.69, 9.17) is 16.9 Å². The first-order chi connectivity index (χ1) is 14.4. The number of aromatic amines is 1. The summed E-state index contributed by atoms with van der Waals surface area (Å²) >= 11 is 0. The SMILES string of the molecule is CC(=O)Nc1nc(=O)c(-c2ccc(CN(CCCN)CCCNC(=N)N)cc2)c[nH]1. The van der Waals surface area contributed by atoms with E-state index in [1.54, 1.807) is 6.20 Å². The Morgan fingerprint density at radius 2 is 1.93 bits per heavy atom. The first kappa shape index (κ1) is 23.0. The molecule has 0 atom stereocenters. The molecule has 30 heavy (non-hydrogen) atoms. The molecule has 0 saturated carbocycles. The maximum atomic E-state index is 12.3. The van der Waals surface area contributed by atoms with E-state index >= 15 is 0 Å². The number of nitrogens with one attached hydrogen (secondary N) is 4. The minimum Gasteiger partial charge on any atom is -0.370 e. The molecule has 0 radical (unpaired) electrons. The fraction of sp³-hybridized carbons (Fsp3) is 0.400. The molecular weight excluding hydrogens is 384 g/mol. The van der Waals surface area contributed by atoms with Crippen molar-refractivity contribution in [2.45, 2.75) is 26.3 Å². The van der Waals surface area contributed by atoms with Crippen LogP contribution in [0.15, 0.2) is 35.3 Å². The fourth-order valence-electron chi connectivity index (χ4n) is 2.99. The molecule has 0 aliphatic carbocycles. The Balaban J connectivity index is 2.02. The van der Waals surface area contributed by atoms with Gasteiger partial charge in [-0.2, -0.15) is 4.98 Å². The highest BCUT2D eigenvalue weighted by Crippen LogP contribution is 2.17. The van der Waals surface area contributed by atoms with E-state index in [0.717, 1.165) is 43.6 Å². The molecule has 1 heterocycles. The molecule has 0 spiro atoms. The molecule has 8 N–H and O–H groups in total. The van der Waals surface area contributed by atoms with Crippen LogP contribution in [0.5, 0.6) is 0 Å².